The monoisotopic (exact) mass is 336 g/mol. The second kappa shape index (κ2) is 11.5. The lowest BCUT2D eigenvalue weighted by Gasteiger charge is -2.39. The summed E-state index contributed by atoms with van der Waals surface area (Å²) in [6.07, 6.45) is 16.7. The van der Waals surface area contributed by atoms with Crippen LogP contribution in [0.2, 0.25) is 0 Å². The van der Waals surface area contributed by atoms with E-state index < -0.39 is 11.4 Å². The zero-order valence-corrected chi connectivity index (χ0v) is 15.9. The fraction of sp³-hybridized carbons (Fsp3) is 0.762. The lowest BCUT2D eigenvalue weighted by atomic mass is 9.64. The molecule has 138 valence electrons. The Morgan fingerprint density at radius 3 is 2.50 bits per heavy atom. The molecule has 0 spiro atoms. The molecule has 0 aromatic rings. The summed E-state index contributed by atoms with van der Waals surface area (Å²) in [7, 11) is 1.70. The van der Waals surface area contributed by atoms with E-state index in [2.05, 4.69) is 19.9 Å². The number of hydrogen-bond acceptors (Lipinski definition) is 2. The smallest absolute Gasteiger partial charge is 0.314 e. The lowest BCUT2D eigenvalue weighted by molar-refractivity contribution is -0.149. The van der Waals surface area contributed by atoms with Crippen LogP contribution in [0.25, 0.3) is 0 Å². The molecule has 1 aliphatic carbocycles. The summed E-state index contributed by atoms with van der Waals surface area (Å²) in [5.41, 5.74) is 0.521. The molecule has 1 N–H and O–H groups in total. The van der Waals surface area contributed by atoms with E-state index in [1.807, 2.05) is 12.2 Å². The first-order valence-electron chi connectivity index (χ1n) is 9.73. The van der Waals surface area contributed by atoms with Crippen LogP contribution in [-0.4, -0.2) is 24.8 Å². The van der Waals surface area contributed by atoms with Gasteiger partial charge in [-0.25, -0.2) is 0 Å². The maximum Gasteiger partial charge on any atom is 0.314 e. The summed E-state index contributed by atoms with van der Waals surface area (Å²) in [6, 6.07) is 0. The number of methoxy groups -OCH3 is 1. The van der Waals surface area contributed by atoms with Gasteiger partial charge in [-0.15, -0.1) is 0 Å². The van der Waals surface area contributed by atoms with Gasteiger partial charge in [-0.2, -0.15) is 0 Å². The quantitative estimate of drug-likeness (QED) is 0.435. The first-order chi connectivity index (χ1) is 11.6. The van der Waals surface area contributed by atoms with Crippen molar-refractivity contribution in [3.8, 4) is 0 Å². The number of rotatable bonds is 13. The molecule has 2 atom stereocenters. The van der Waals surface area contributed by atoms with Crippen LogP contribution in [0.15, 0.2) is 23.8 Å². The third kappa shape index (κ3) is 5.77. The number of aliphatic carboxylic acids is 1. The van der Waals surface area contributed by atoms with Crippen molar-refractivity contribution in [3.05, 3.63) is 23.8 Å². The van der Waals surface area contributed by atoms with Gasteiger partial charge in [0.05, 0.1) is 5.41 Å². The van der Waals surface area contributed by atoms with Crippen LogP contribution in [0.1, 0.15) is 78.1 Å². The van der Waals surface area contributed by atoms with Crippen molar-refractivity contribution in [2.75, 3.05) is 13.7 Å². The Labute approximate surface area is 148 Å². The molecular formula is C21H36O3. The molecule has 0 aromatic heterocycles. The van der Waals surface area contributed by atoms with Crippen molar-refractivity contribution in [1.29, 1.82) is 0 Å². The van der Waals surface area contributed by atoms with Crippen LogP contribution >= 0.6 is 0 Å². The summed E-state index contributed by atoms with van der Waals surface area (Å²) in [5, 5.41) is 10.1. The summed E-state index contributed by atoms with van der Waals surface area (Å²) >= 11 is 0. The minimum Gasteiger partial charge on any atom is -0.481 e. The lowest BCUT2D eigenvalue weighted by Crippen LogP contribution is -2.39. The van der Waals surface area contributed by atoms with Crippen molar-refractivity contribution in [3.63, 3.8) is 0 Å². The molecule has 1 aliphatic rings. The first kappa shape index (κ1) is 21.0. The van der Waals surface area contributed by atoms with Gasteiger partial charge in [0.25, 0.3) is 0 Å². The van der Waals surface area contributed by atoms with E-state index in [0.717, 1.165) is 38.5 Å². The Balaban J connectivity index is 2.78. The van der Waals surface area contributed by atoms with Crippen LogP contribution in [0.4, 0.5) is 0 Å². The van der Waals surface area contributed by atoms with Crippen molar-refractivity contribution in [1.82, 2.24) is 0 Å². The van der Waals surface area contributed by atoms with Crippen molar-refractivity contribution >= 4 is 5.97 Å². The molecule has 3 heteroatoms. The third-order valence-corrected chi connectivity index (χ3v) is 5.29. The van der Waals surface area contributed by atoms with E-state index in [9.17, 15) is 9.90 Å². The number of hydrogen-bond donors (Lipinski definition) is 1. The maximum absolute atomic E-state index is 12.2. The van der Waals surface area contributed by atoms with Crippen molar-refractivity contribution < 1.29 is 14.6 Å². The van der Waals surface area contributed by atoms with E-state index in [0.29, 0.717) is 6.61 Å². The Morgan fingerprint density at radius 2 is 1.88 bits per heavy atom. The van der Waals surface area contributed by atoms with Crippen LogP contribution in [0.5, 0.6) is 0 Å². The number of carboxylic acids is 1. The fourth-order valence-corrected chi connectivity index (χ4v) is 3.90. The third-order valence-electron chi connectivity index (χ3n) is 5.29. The normalized spacial score (nSPS) is 23.3. The first-order valence-corrected chi connectivity index (χ1v) is 9.73. The average molecular weight is 337 g/mol. The number of ether oxygens (including phenoxy) is 1. The second-order valence-corrected chi connectivity index (χ2v) is 7.05. The molecule has 0 heterocycles. The fourth-order valence-electron chi connectivity index (χ4n) is 3.90. The summed E-state index contributed by atoms with van der Waals surface area (Å²) in [4.78, 5) is 12.2. The van der Waals surface area contributed by atoms with E-state index in [4.69, 9.17) is 4.74 Å². The Bertz CT molecular complexity index is 425. The molecule has 0 aliphatic heterocycles. The molecule has 0 bridgehead atoms. The van der Waals surface area contributed by atoms with Gasteiger partial charge >= 0.3 is 5.97 Å². The predicted molar refractivity (Wildman–Crippen MR) is 100 cm³/mol. The highest BCUT2D eigenvalue weighted by molar-refractivity contribution is 5.79. The molecule has 0 radical (unpaired) electrons. The SMILES string of the molecule is CCCCCCCCC1(C(=O)O)C=CC=C(CCOC)C1CCC. The molecule has 0 saturated heterocycles. The van der Waals surface area contributed by atoms with Crippen molar-refractivity contribution in [2.45, 2.75) is 78.1 Å². The minimum atomic E-state index is -0.724. The highest BCUT2D eigenvalue weighted by Crippen LogP contribution is 2.45. The summed E-state index contributed by atoms with van der Waals surface area (Å²) in [5.74, 6) is -0.551. The molecule has 0 fully saturated rings. The number of carbonyl (C=O) groups is 1. The van der Waals surface area contributed by atoms with E-state index >= 15 is 0 Å². The van der Waals surface area contributed by atoms with E-state index in [1.54, 1.807) is 7.11 Å². The van der Waals surface area contributed by atoms with E-state index in [1.165, 1.54) is 31.3 Å². The maximum atomic E-state index is 12.2. The standard InChI is InChI=1S/C21H36O3/c1-4-6-7-8-9-10-15-21(20(22)23)16-11-13-18(14-17-24-3)19(21)12-5-2/h11,13,16,19H,4-10,12,14-15,17H2,1-3H3,(H,22,23). The van der Waals surface area contributed by atoms with Gasteiger partial charge in [0.1, 0.15) is 0 Å². The van der Waals surface area contributed by atoms with Crippen LogP contribution < -0.4 is 0 Å². The molecule has 0 amide bonds. The molecular weight excluding hydrogens is 300 g/mol. The second-order valence-electron chi connectivity index (χ2n) is 7.05. The molecule has 2 unspecified atom stereocenters. The zero-order valence-electron chi connectivity index (χ0n) is 15.9. The molecule has 0 aromatic carbocycles. The highest BCUT2D eigenvalue weighted by atomic mass is 16.5. The van der Waals surface area contributed by atoms with Gasteiger partial charge in [-0.1, -0.05) is 82.6 Å². The number of allylic oxidation sites excluding steroid dienone is 2. The van der Waals surface area contributed by atoms with Gasteiger partial charge < -0.3 is 9.84 Å². The Kier molecular flexibility index (Phi) is 10.0. The minimum absolute atomic E-state index is 0.107. The van der Waals surface area contributed by atoms with Gasteiger partial charge in [0, 0.05) is 13.7 Å². The van der Waals surface area contributed by atoms with Crippen LogP contribution in [0.3, 0.4) is 0 Å². The van der Waals surface area contributed by atoms with Crippen LogP contribution in [0, 0.1) is 11.3 Å². The zero-order chi connectivity index (χ0) is 17.8. The molecule has 3 nitrogen and oxygen atoms in total. The Hall–Kier alpha value is -1.09. The number of unbranched alkanes of at least 4 members (excludes halogenated alkanes) is 5. The van der Waals surface area contributed by atoms with Gasteiger partial charge in [-0.05, 0) is 25.2 Å². The predicted octanol–water partition coefficient (Wildman–Crippen LogP) is 5.76. The molecule has 1 rings (SSSR count). The summed E-state index contributed by atoms with van der Waals surface area (Å²) < 4.78 is 5.22. The number of carboxylic acid groups (broad SMARTS) is 1. The summed E-state index contributed by atoms with van der Waals surface area (Å²) in [6.45, 7) is 5.02. The highest BCUT2D eigenvalue weighted by Gasteiger charge is 2.45. The van der Waals surface area contributed by atoms with E-state index in [-0.39, 0.29) is 5.92 Å². The van der Waals surface area contributed by atoms with Gasteiger partial charge in [-0.3, -0.25) is 4.79 Å². The van der Waals surface area contributed by atoms with Gasteiger partial charge in [0.2, 0.25) is 0 Å². The van der Waals surface area contributed by atoms with Crippen molar-refractivity contribution in [2.24, 2.45) is 11.3 Å². The van der Waals surface area contributed by atoms with Crippen LogP contribution in [-0.2, 0) is 9.53 Å². The molecule has 0 saturated carbocycles. The van der Waals surface area contributed by atoms with Gasteiger partial charge in [0.15, 0.2) is 0 Å². The topological polar surface area (TPSA) is 46.5 Å². The largest absolute Gasteiger partial charge is 0.481 e. The molecule has 24 heavy (non-hydrogen) atoms. The Morgan fingerprint density at radius 1 is 1.17 bits per heavy atom. The average Bonchev–Trinajstić information content (AvgIpc) is 2.57.